The van der Waals surface area contributed by atoms with Crippen LogP contribution in [0.3, 0.4) is 0 Å². The number of hydrogen-bond acceptors (Lipinski definition) is 6. The van der Waals surface area contributed by atoms with Gasteiger partial charge in [0.25, 0.3) is 0 Å². The molecular formula is C16H19O4P2S2. The van der Waals surface area contributed by atoms with Crippen molar-refractivity contribution in [3.63, 3.8) is 0 Å². The van der Waals surface area contributed by atoms with E-state index in [2.05, 4.69) is 11.7 Å². The molecule has 4 atom stereocenters. The Kier molecular flexibility index (Phi) is 5.90. The first-order valence-corrected chi connectivity index (χ1v) is 13.2. The van der Waals surface area contributed by atoms with Crippen LogP contribution in [0.15, 0.2) is 60.7 Å². The molecule has 0 spiro atoms. The summed E-state index contributed by atoms with van der Waals surface area (Å²) in [6, 6.07) is 18.2. The number of aliphatic hydroxyl groups excluding tert-OH is 4. The van der Waals surface area contributed by atoms with E-state index >= 15 is 0 Å². The third-order valence-corrected chi connectivity index (χ3v) is 16.0. The highest BCUT2D eigenvalue weighted by Crippen LogP contribution is 2.82. The highest BCUT2D eigenvalue weighted by Gasteiger charge is 2.58. The van der Waals surface area contributed by atoms with Gasteiger partial charge in [-0.2, -0.15) is 0 Å². The average Bonchev–Trinajstić information content (AvgIpc) is 2.63. The minimum Gasteiger partial charge on any atom is -0.385 e. The molecule has 4 unspecified atom stereocenters. The van der Waals surface area contributed by atoms with Crippen LogP contribution in [-0.4, -0.2) is 43.8 Å². The van der Waals surface area contributed by atoms with Crippen LogP contribution in [0.4, 0.5) is 0 Å². The third kappa shape index (κ3) is 2.94. The number of thiol groups is 1. The first kappa shape index (κ1) is 18.6. The lowest BCUT2D eigenvalue weighted by atomic mass is 10.4. The molecule has 129 valence electrons. The number of aliphatic hydroxyl groups is 4. The van der Waals surface area contributed by atoms with E-state index in [1.165, 1.54) is 0 Å². The first-order valence-electron chi connectivity index (χ1n) is 7.37. The van der Waals surface area contributed by atoms with E-state index in [0.717, 1.165) is 21.0 Å². The molecule has 0 bridgehead atoms. The summed E-state index contributed by atoms with van der Waals surface area (Å²) in [6.45, 7) is -2.77. The van der Waals surface area contributed by atoms with Gasteiger partial charge in [0.1, 0.15) is 23.4 Å². The molecule has 1 saturated heterocycles. The largest absolute Gasteiger partial charge is 0.385 e. The van der Waals surface area contributed by atoms with Gasteiger partial charge in [0.15, 0.2) is 0 Å². The summed E-state index contributed by atoms with van der Waals surface area (Å²) in [5.41, 5.74) is 0. The quantitative estimate of drug-likeness (QED) is 0.309. The summed E-state index contributed by atoms with van der Waals surface area (Å²) in [6.07, 6.45) is 0. The van der Waals surface area contributed by atoms with Gasteiger partial charge in [-0.05, 0) is 18.5 Å². The molecule has 0 aliphatic carbocycles. The van der Waals surface area contributed by atoms with E-state index in [0.29, 0.717) is 0 Å². The second-order valence-corrected chi connectivity index (χ2v) is 14.8. The fraction of sp³-hybridized carbons (Fsp3) is 0.250. The van der Waals surface area contributed by atoms with Gasteiger partial charge < -0.3 is 20.4 Å². The fourth-order valence-electron chi connectivity index (χ4n) is 3.01. The third-order valence-electron chi connectivity index (χ3n) is 4.24. The summed E-state index contributed by atoms with van der Waals surface area (Å²) in [4.78, 5) is 0. The Balaban J connectivity index is 2.07. The van der Waals surface area contributed by atoms with E-state index in [1.54, 1.807) is 24.3 Å². The Hall–Kier alpha value is -0.160. The van der Waals surface area contributed by atoms with Crippen molar-refractivity contribution in [2.75, 3.05) is 0 Å². The Morgan fingerprint density at radius 1 is 0.792 bits per heavy atom. The predicted octanol–water partition coefficient (Wildman–Crippen LogP) is 1.92. The standard InChI is InChI=1S/C16H19O4P2S2/c17-13-15(19)22(24-23,12-9-5-2-6-10-12)16(20)14(18)21(13)11-7-3-1-4-8-11/h1-10,13-20,23H. The molecule has 4 nitrogen and oxygen atoms in total. The van der Waals surface area contributed by atoms with Crippen molar-refractivity contribution in [3.05, 3.63) is 60.7 Å². The van der Waals surface area contributed by atoms with Crippen molar-refractivity contribution < 1.29 is 20.4 Å². The van der Waals surface area contributed by atoms with Crippen LogP contribution < -0.4 is 10.6 Å². The van der Waals surface area contributed by atoms with Crippen molar-refractivity contribution in [1.29, 1.82) is 0 Å². The van der Waals surface area contributed by atoms with Gasteiger partial charge in [0.05, 0.1) is 0 Å². The van der Waals surface area contributed by atoms with Gasteiger partial charge >= 0.3 is 0 Å². The molecule has 0 saturated carbocycles. The molecule has 1 heterocycles. The minimum atomic E-state index is -2.77. The zero-order valence-electron chi connectivity index (χ0n) is 12.6. The monoisotopic (exact) mass is 401 g/mol. The average molecular weight is 401 g/mol. The molecule has 1 aliphatic rings. The van der Waals surface area contributed by atoms with Crippen LogP contribution >= 0.6 is 36.5 Å². The van der Waals surface area contributed by atoms with Crippen molar-refractivity contribution >= 4 is 47.1 Å². The van der Waals surface area contributed by atoms with Crippen molar-refractivity contribution in [2.24, 2.45) is 0 Å². The maximum Gasteiger partial charge on any atom is 0.116 e. The lowest BCUT2D eigenvalue weighted by molar-refractivity contribution is 0.0799. The molecule has 0 aromatic heterocycles. The van der Waals surface area contributed by atoms with Crippen LogP contribution in [0.5, 0.6) is 0 Å². The van der Waals surface area contributed by atoms with E-state index in [1.807, 2.05) is 36.4 Å². The van der Waals surface area contributed by atoms with Crippen LogP contribution in [0.1, 0.15) is 0 Å². The molecule has 2 aromatic carbocycles. The summed E-state index contributed by atoms with van der Waals surface area (Å²) >= 11 is 4.31. The summed E-state index contributed by atoms with van der Waals surface area (Å²) in [7, 11) is -0.468. The van der Waals surface area contributed by atoms with Gasteiger partial charge in [-0.15, -0.1) is 11.7 Å². The molecule has 1 aliphatic heterocycles. The SMILES string of the molecule is OC1C(O)[P](SS)(c2ccccc2)C(O)C(O)P1c1ccccc1. The molecule has 2 aromatic rings. The highest BCUT2D eigenvalue weighted by atomic mass is 33.3. The maximum atomic E-state index is 10.9. The van der Waals surface area contributed by atoms with Gasteiger partial charge in [0, 0.05) is 6.46 Å². The lowest BCUT2D eigenvalue weighted by Gasteiger charge is -2.52. The van der Waals surface area contributed by atoms with Crippen molar-refractivity contribution in [3.8, 4) is 0 Å². The second kappa shape index (κ2) is 7.61. The lowest BCUT2D eigenvalue weighted by Crippen LogP contribution is -2.48. The highest BCUT2D eigenvalue weighted by molar-refractivity contribution is 8.98. The minimum absolute atomic E-state index is 0.728. The molecule has 8 heteroatoms. The van der Waals surface area contributed by atoms with Crippen molar-refractivity contribution in [2.45, 2.75) is 23.4 Å². The van der Waals surface area contributed by atoms with Crippen molar-refractivity contribution in [1.82, 2.24) is 0 Å². The Labute approximate surface area is 151 Å². The Bertz CT molecular complexity index is 660. The van der Waals surface area contributed by atoms with E-state index < -0.39 is 37.8 Å². The number of benzene rings is 2. The normalized spacial score (nSPS) is 36.5. The van der Waals surface area contributed by atoms with E-state index in [4.69, 9.17) is 0 Å². The van der Waals surface area contributed by atoms with Crippen LogP contribution in [0.25, 0.3) is 0 Å². The molecule has 1 fully saturated rings. The number of hydrogen-bond donors (Lipinski definition) is 5. The summed E-state index contributed by atoms with van der Waals surface area (Å²) in [5.74, 6) is -4.58. The predicted molar refractivity (Wildman–Crippen MR) is 107 cm³/mol. The number of rotatable bonds is 3. The van der Waals surface area contributed by atoms with Gasteiger partial charge in [-0.25, -0.2) is 0 Å². The molecule has 24 heavy (non-hydrogen) atoms. The maximum absolute atomic E-state index is 10.9. The topological polar surface area (TPSA) is 80.9 Å². The summed E-state index contributed by atoms with van der Waals surface area (Å²) in [5, 5.41) is 44.9. The molecule has 3 rings (SSSR count). The van der Waals surface area contributed by atoms with Gasteiger partial charge in [-0.1, -0.05) is 71.1 Å². The molecule has 1 radical (unpaired) electrons. The Morgan fingerprint density at radius 3 is 1.71 bits per heavy atom. The molecule has 4 N–H and O–H groups in total. The van der Waals surface area contributed by atoms with E-state index in [9.17, 15) is 20.4 Å². The first-order chi connectivity index (χ1) is 11.5. The smallest absolute Gasteiger partial charge is 0.116 e. The van der Waals surface area contributed by atoms with Crippen LogP contribution in [0.2, 0.25) is 0 Å². The van der Waals surface area contributed by atoms with Crippen LogP contribution in [0, 0.1) is 0 Å². The fourth-order valence-corrected chi connectivity index (χ4v) is 14.8. The molecule has 0 amide bonds. The van der Waals surface area contributed by atoms with Gasteiger partial charge in [-0.3, -0.25) is 0 Å². The summed E-state index contributed by atoms with van der Waals surface area (Å²) < 4.78 is 0. The second-order valence-electron chi connectivity index (χ2n) is 5.52. The zero-order valence-corrected chi connectivity index (χ0v) is 16.1. The van der Waals surface area contributed by atoms with E-state index in [-0.39, 0.29) is 0 Å². The molecular weight excluding hydrogens is 382 g/mol. The Morgan fingerprint density at radius 2 is 1.25 bits per heavy atom. The van der Waals surface area contributed by atoms with Gasteiger partial charge in [0.2, 0.25) is 0 Å². The zero-order chi connectivity index (χ0) is 17.3. The van der Waals surface area contributed by atoms with Crippen LogP contribution in [-0.2, 0) is 0 Å².